The van der Waals surface area contributed by atoms with Crippen LogP contribution in [0.4, 0.5) is 10.5 Å². The normalized spacial score (nSPS) is 18.2. The van der Waals surface area contributed by atoms with E-state index in [-0.39, 0.29) is 12.1 Å². The Kier molecular flexibility index (Phi) is 4.08. The highest BCUT2D eigenvalue weighted by Gasteiger charge is 2.38. The first-order valence-electron chi connectivity index (χ1n) is 6.56. The van der Waals surface area contributed by atoms with Gasteiger partial charge in [0, 0.05) is 18.2 Å². The summed E-state index contributed by atoms with van der Waals surface area (Å²) in [6, 6.07) is 5.97. The number of carboxylic acid groups (broad SMARTS) is 1. The van der Waals surface area contributed by atoms with Crippen LogP contribution < -0.4 is 10.2 Å². The molecule has 1 heterocycles. The molecule has 0 saturated carbocycles. The average molecular weight is 274 g/mol. The molecular weight excluding hydrogens is 256 g/mol. The number of amides is 2. The predicted octanol–water partition coefficient (Wildman–Crippen LogP) is 2.18. The molecule has 5 nitrogen and oxygen atoms in total. The standard InChI is InChI=1S/C15H18N2O3/c1-3-6-10(2)16-15(20)17-12-8-5-4-7-11(12)9-13(17)14(18)19/h3-5,7-8,10,13H,1,6,9H2,2H3,(H,16,20)(H,18,19)/t10?,13-/m0/s1. The van der Waals surface area contributed by atoms with Crippen molar-refractivity contribution in [1.29, 1.82) is 0 Å². The Morgan fingerprint density at radius 2 is 2.25 bits per heavy atom. The lowest BCUT2D eigenvalue weighted by Crippen LogP contribution is -2.50. The summed E-state index contributed by atoms with van der Waals surface area (Å²) in [6.07, 6.45) is 2.70. The maximum absolute atomic E-state index is 12.3. The molecule has 0 aliphatic carbocycles. The van der Waals surface area contributed by atoms with Gasteiger partial charge in [-0.2, -0.15) is 0 Å². The minimum absolute atomic E-state index is 0.0813. The Labute approximate surface area is 117 Å². The number of carbonyl (C=O) groups is 2. The summed E-state index contributed by atoms with van der Waals surface area (Å²) in [5.74, 6) is -0.993. The molecule has 2 N–H and O–H groups in total. The highest BCUT2D eigenvalue weighted by molar-refractivity contribution is 6.01. The number of nitrogens with one attached hydrogen (secondary N) is 1. The maximum atomic E-state index is 12.3. The van der Waals surface area contributed by atoms with Gasteiger partial charge in [-0.25, -0.2) is 9.59 Å². The number of hydrogen-bond donors (Lipinski definition) is 2. The van der Waals surface area contributed by atoms with Crippen molar-refractivity contribution < 1.29 is 14.7 Å². The summed E-state index contributed by atoms with van der Waals surface area (Å²) in [4.78, 5) is 25.0. The van der Waals surface area contributed by atoms with E-state index in [9.17, 15) is 14.7 Å². The first kappa shape index (κ1) is 14.1. The van der Waals surface area contributed by atoms with E-state index in [0.29, 0.717) is 18.5 Å². The van der Waals surface area contributed by atoms with Gasteiger partial charge in [0.2, 0.25) is 0 Å². The lowest BCUT2D eigenvalue weighted by molar-refractivity contribution is -0.138. The van der Waals surface area contributed by atoms with Gasteiger partial charge in [-0.15, -0.1) is 6.58 Å². The van der Waals surface area contributed by atoms with Crippen LogP contribution in [0.1, 0.15) is 18.9 Å². The second-order valence-corrected chi connectivity index (χ2v) is 4.93. The highest BCUT2D eigenvalue weighted by atomic mass is 16.4. The van der Waals surface area contributed by atoms with Crippen molar-refractivity contribution in [2.45, 2.75) is 31.8 Å². The zero-order valence-electron chi connectivity index (χ0n) is 11.4. The molecule has 0 bridgehead atoms. The van der Waals surface area contributed by atoms with Crippen molar-refractivity contribution in [3.63, 3.8) is 0 Å². The molecule has 2 atom stereocenters. The monoisotopic (exact) mass is 274 g/mol. The Morgan fingerprint density at radius 1 is 1.55 bits per heavy atom. The van der Waals surface area contributed by atoms with E-state index in [1.807, 2.05) is 19.1 Å². The third kappa shape index (κ3) is 2.66. The average Bonchev–Trinajstić information content (AvgIpc) is 2.78. The summed E-state index contributed by atoms with van der Waals surface area (Å²) >= 11 is 0. The number of aliphatic carboxylic acids is 1. The predicted molar refractivity (Wildman–Crippen MR) is 76.9 cm³/mol. The molecule has 1 aromatic rings. The van der Waals surface area contributed by atoms with Crippen LogP contribution in [0.25, 0.3) is 0 Å². The zero-order chi connectivity index (χ0) is 14.7. The first-order valence-corrected chi connectivity index (χ1v) is 6.56. The molecule has 2 rings (SSSR count). The van der Waals surface area contributed by atoms with Gasteiger partial charge in [0.1, 0.15) is 6.04 Å². The zero-order valence-corrected chi connectivity index (χ0v) is 11.4. The molecule has 0 radical (unpaired) electrons. The number of anilines is 1. The molecule has 106 valence electrons. The molecule has 0 saturated heterocycles. The lowest BCUT2D eigenvalue weighted by atomic mass is 10.1. The van der Waals surface area contributed by atoms with Gasteiger partial charge >= 0.3 is 12.0 Å². The fourth-order valence-electron chi connectivity index (χ4n) is 2.42. The smallest absolute Gasteiger partial charge is 0.327 e. The molecule has 1 aromatic carbocycles. The van der Waals surface area contributed by atoms with Gasteiger partial charge < -0.3 is 10.4 Å². The SMILES string of the molecule is C=CCC(C)NC(=O)N1c2ccccc2C[C@H]1C(=O)O. The summed E-state index contributed by atoms with van der Waals surface area (Å²) in [6.45, 7) is 5.48. The Balaban J connectivity index is 2.24. The van der Waals surface area contributed by atoms with Gasteiger partial charge in [0.15, 0.2) is 0 Å². The number of urea groups is 1. The van der Waals surface area contributed by atoms with Crippen LogP contribution in [0, 0.1) is 0 Å². The van der Waals surface area contributed by atoms with Crippen molar-refractivity contribution in [2.24, 2.45) is 0 Å². The van der Waals surface area contributed by atoms with Crippen molar-refractivity contribution in [1.82, 2.24) is 5.32 Å². The van der Waals surface area contributed by atoms with Gasteiger partial charge in [-0.3, -0.25) is 4.90 Å². The number of carboxylic acids is 1. The summed E-state index contributed by atoms with van der Waals surface area (Å²) < 4.78 is 0. The summed E-state index contributed by atoms with van der Waals surface area (Å²) in [5.41, 5.74) is 1.55. The maximum Gasteiger partial charge on any atom is 0.327 e. The van der Waals surface area contributed by atoms with Crippen LogP contribution in [-0.4, -0.2) is 29.2 Å². The third-order valence-corrected chi connectivity index (χ3v) is 3.37. The number of fused-ring (bicyclic) bond motifs is 1. The molecule has 0 fully saturated rings. The van der Waals surface area contributed by atoms with E-state index >= 15 is 0 Å². The number of benzene rings is 1. The van der Waals surface area contributed by atoms with Crippen molar-refractivity contribution >= 4 is 17.7 Å². The number of nitrogens with zero attached hydrogens (tertiary/aromatic N) is 1. The number of rotatable bonds is 4. The molecule has 0 spiro atoms. The fourth-order valence-corrected chi connectivity index (χ4v) is 2.42. The second kappa shape index (κ2) is 5.77. The summed E-state index contributed by atoms with van der Waals surface area (Å²) in [5, 5.41) is 12.1. The van der Waals surface area contributed by atoms with Gasteiger partial charge in [0.25, 0.3) is 0 Å². The molecule has 0 aromatic heterocycles. The third-order valence-electron chi connectivity index (χ3n) is 3.37. The molecule has 1 unspecified atom stereocenters. The molecule has 5 heteroatoms. The summed E-state index contributed by atoms with van der Waals surface area (Å²) in [7, 11) is 0. The van der Waals surface area contributed by atoms with Gasteiger partial charge in [-0.1, -0.05) is 24.3 Å². The van der Waals surface area contributed by atoms with Crippen molar-refractivity contribution in [3.8, 4) is 0 Å². The fraction of sp³-hybridized carbons (Fsp3) is 0.333. The van der Waals surface area contributed by atoms with E-state index in [2.05, 4.69) is 11.9 Å². The number of para-hydroxylation sites is 1. The largest absolute Gasteiger partial charge is 0.480 e. The molecule has 1 aliphatic heterocycles. The lowest BCUT2D eigenvalue weighted by Gasteiger charge is -2.25. The van der Waals surface area contributed by atoms with E-state index < -0.39 is 12.0 Å². The number of hydrogen-bond acceptors (Lipinski definition) is 2. The second-order valence-electron chi connectivity index (χ2n) is 4.93. The van der Waals surface area contributed by atoms with Gasteiger partial charge in [0.05, 0.1) is 0 Å². The van der Waals surface area contributed by atoms with Crippen LogP contribution in [0.2, 0.25) is 0 Å². The first-order chi connectivity index (χ1) is 9.54. The van der Waals surface area contributed by atoms with E-state index in [0.717, 1.165) is 5.56 Å². The Hall–Kier alpha value is -2.30. The molecular formula is C15H18N2O3. The molecule has 2 amide bonds. The highest BCUT2D eigenvalue weighted by Crippen LogP contribution is 2.32. The Morgan fingerprint density at radius 3 is 2.90 bits per heavy atom. The van der Waals surface area contributed by atoms with E-state index in [1.165, 1.54) is 4.90 Å². The topological polar surface area (TPSA) is 69.6 Å². The Bertz CT molecular complexity index is 542. The van der Waals surface area contributed by atoms with Crippen molar-refractivity contribution in [3.05, 3.63) is 42.5 Å². The van der Waals surface area contributed by atoms with Crippen LogP contribution in [-0.2, 0) is 11.2 Å². The van der Waals surface area contributed by atoms with Crippen molar-refractivity contribution in [2.75, 3.05) is 4.90 Å². The van der Waals surface area contributed by atoms with E-state index in [1.54, 1.807) is 18.2 Å². The number of carbonyl (C=O) groups excluding carboxylic acids is 1. The van der Waals surface area contributed by atoms with Crippen LogP contribution in [0.15, 0.2) is 36.9 Å². The van der Waals surface area contributed by atoms with Crippen LogP contribution in [0.5, 0.6) is 0 Å². The van der Waals surface area contributed by atoms with E-state index in [4.69, 9.17) is 0 Å². The van der Waals surface area contributed by atoms with Crippen LogP contribution in [0.3, 0.4) is 0 Å². The van der Waals surface area contributed by atoms with Crippen LogP contribution >= 0.6 is 0 Å². The minimum atomic E-state index is -0.993. The molecule has 20 heavy (non-hydrogen) atoms. The molecule has 1 aliphatic rings. The minimum Gasteiger partial charge on any atom is -0.480 e. The quantitative estimate of drug-likeness (QED) is 0.827. The van der Waals surface area contributed by atoms with Gasteiger partial charge in [-0.05, 0) is 25.0 Å².